The SMILES string of the molecule is Cc1cccnc1CN1CC(CC(=O)O)C1. The average Bonchev–Trinajstić information content (AvgIpc) is 2.17. The van der Waals surface area contributed by atoms with Crippen LogP contribution in [0.4, 0.5) is 0 Å². The second-order valence-corrected chi connectivity index (χ2v) is 4.42. The number of pyridine rings is 1. The lowest BCUT2D eigenvalue weighted by Crippen LogP contribution is -2.46. The van der Waals surface area contributed by atoms with Crippen molar-refractivity contribution in [3.63, 3.8) is 0 Å². The monoisotopic (exact) mass is 220 g/mol. The minimum absolute atomic E-state index is 0.289. The van der Waals surface area contributed by atoms with Crippen LogP contribution in [0.1, 0.15) is 17.7 Å². The Hall–Kier alpha value is -1.42. The second kappa shape index (κ2) is 4.61. The standard InChI is InChI=1S/C12H16N2O2/c1-9-3-2-4-13-11(9)8-14-6-10(7-14)5-12(15)16/h2-4,10H,5-8H2,1H3,(H,15,16). The summed E-state index contributed by atoms with van der Waals surface area (Å²) in [6, 6.07) is 3.99. The number of aromatic nitrogens is 1. The zero-order valence-corrected chi connectivity index (χ0v) is 9.39. The molecule has 1 aliphatic heterocycles. The molecule has 1 fully saturated rings. The summed E-state index contributed by atoms with van der Waals surface area (Å²) in [6.07, 6.45) is 2.09. The molecule has 0 aromatic carbocycles. The van der Waals surface area contributed by atoms with E-state index in [1.165, 1.54) is 5.56 Å². The maximum atomic E-state index is 10.5. The smallest absolute Gasteiger partial charge is 0.303 e. The topological polar surface area (TPSA) is 53.4 Å². The maximum Gasteiger partial charge on any atom is 0.303 e. The van der Waals surface area contributed by atoms with Gasteiger partial charge >= 0.3 is 5.97 Å². The van der Waals surface area contributed by atoms with Gasteiger partial charge in [-0.05, 0) is 24.5 Å². The van der Waals surface area contributed by atoms with Gasteiger partial charge < -0.3 is 5.11 Å². The lowest BCUT2D eigenvalue weighted by molar-refractivity contribution is -0.139. The fraction of sp³-hybridized carbons (Fsp3) is 0.500. The Bertz CT molecular complexity index is 386. The van der Waals surface area contributed by atoms with Gasteiger partial charge in [-0.25, -0.2) is 0 Å². The van der Waals surface area contributed by atoms with E-state index in [0.29, 0.717) is 5.92 Å². The summed E-state index contributed by atoms with van der Waals surface area (Å²) in [6.45, 7) is 4.64. The Balaban J connectivity index is 1.82. The average molecular weight is 220 g/mol. The van der Waals surface area contributed by atoms with Crippen molar-refractivity contribution >= 4 is 5.97 Å². The minimum atomic E-state index is -0.696. The Kier molecular flexibility index (Phi) is 3.19. The lowest BCUT2D eigenvalue weighted by Gasteiger charge is -2.38. The number of hydrogen-bond donors (Lipinski definition) is 1. The lowest BCUT2D eigenvalue weighted by atomic mass is 9.96. The summed E-state index contributed by atoms with van der Waals surface area (Å²) in [5.74, 6) is -0.375. The maximum absolute atomic E-state index is 10.5. The number of carboxylic acids is 1. The first-order chi connectivity index (χ1) is 7.65. The van der Waals surface area contributed by atoms with E-state index in [1.807, 2.05) is 6.07 Å². The molecule has 2 rings (SSSR count). The van der Waals surface area contributed by atoms with Gasteiger partial charge in [0.1, 0.15) is 0 Å². The number of carbonyl (C=O) groups is 1. The first-order valence-electron chi connectivity index (χ1n) is 5.50. The van der Waals surface area contributed by atoms with E-state index in [0.717, 1.165) is 25.3 Å². The molecule has 1 saturated heterocycles. The molecule has 0 amide bonds. The number of nitrogens with zero attached hydrogens (tertiary/aromatic N) is 2. The molecule has 0 aliphatic carbocycles. The molecule has 0 unspecified atom stereocenters. The molecule has 4 nitrogen and oxygen atoms in total. The fourth-order valence-corrected chi connectivity index (χ4v) is 2.08. The van der Waals surface area contributed by atoms with Crippen LogP contribution in [0.15, 0.2) is 18.3 Å². The van der Waals surface area contributed by atoms with Gasteiger partial charge in [0.15, 0.2) is 0 Å². The van der Waals surface area contributed by atoms with Crippen LogP contribution in [-0.4, -0.2) is 34.0 Å². The zero-order chi connectivity index (χ0) is 11.5. The van der Waals surface area contributed by atoms with Crippen LogP contribution in [-0.2, 0) is 11.3 Å². The van der Waals surface area contributed by atoms with Gasteiger partial charge in [-0.3, -0.25) is 14.7 Å². The third-order valence-electron chi connectivity index (χ3n) is 2.99. The Morgan fingerprint density at radius 2 is 2.38 bits per heavy atom. The first kappa shape index (κ1) is 11.1. The van der Waals surface area contributed by atoms with Gasteiger partial charge in [0.25, 0.3) is 0 Å². The summed E-state index contributed by atoms with van der Waals surface area (Å²) >= 11 is 0. The van der Waals surface area contributed by atoms with Crippen molar-refractivity contribution in [1.29, 1.82) is 0 Å². The van der Waals surface area contributed by atoms with E-state index in [1.54, 1.807) is 6.20 Å². The number of carboxylic acid groups (broad SMARTS) is 1. The molecule has 0 bridgehead atoms. The van der Waals surface area contributed by atoms with Gasteiger partial charge in [0.05, 0.1) is 12.1 Å². The van der Waals surface area contributed by atoms with Gasteiger partial charge in [0.2, 0.25) is 0 Å². The van der Waals surface area contributed by atoms with E-state index in [9.17, 15) is 4.79 Å². The molecule has 4 heteroatoms. The largest absolute Gasteiger partial charge is 0.481 e. The highest BCUT2D eigenvalue weighted by atomic mass is 16.4. The highest BCUT2D eigenvalue weighted by molar-refractivity contribution is 5.67. The van der Waals surface area contributed by atoms with Crippen LogP contribution in [0.25, 0.3) is 0 Å². The second-order valence-electron chi connectivity index (χ2n) is 4.42. The van der Waals surface area contributed by atoms with E-state index in [-0.39, 0.29) is 6.42 Å². The quantitative estimate of drug-likeness (QED) is 0.831. The van der Waals surface area contributed by atoms with E-state index in [4.69, 9.17) is 5.11 Å². The Morgan fingerprint density at radius 3 is 3.00 bits per heavy atom. The van der Waals surface area contributed by atoms with Crippen molar-refractivity contribution in [3.8, 4) is 0 Å². The van der Waals surface area contributed by atoms with Crippen molar-refractivity contribution in [1.82, 2.24) is 9.88 Å². The van der Waals surface area contributed by atoms with Crippen molar-refractivity contribution in [3.05, 3.63) is 29.6 Å². The van der Waals surface area contributed by atoms with Crippen LogP contribution >= 0.6 is 0 Å². The molecule has 1 aliphatic rings. The first-order valence-corrected chi connectivity index (χ1v) is 5.50. The van der Waals surface area contributed by atoms with Gasteiger partial charge in [-0.2, -0.15) is 0 Å². The van der Waals surface area contributed by atoms with Crippen LogP contribution in [0.3, 0.4) is 0 Å². The van der Waals surface area contributed by atoms with Crippen LogP contribution in [0.2, 0.25) is 0 Å². The molecule has 0 saturated carbocycles. The van der Waals surface area contributed by atoms with Crippen molar-refractivity contribution in [2.45, 2.75) is 19.9 Å². The summed E-state index contributed by atoms with van der Waals surface area (Å²) < 4.78 is 0. The molecule has 1 N–H and O–H groups in total. The Morgan fingerprint density at radius 1 is 1.62 bits per heavy atom. The summed E-state index contributed by atoms with van der Waals surface area (Å²) in [7, 11) is 0. The van der Waals surface area contributed by atoms with E-state index in [2.05, 4.69) is 22.9 Å². The number of aryl methyl sites for hydroxylation is 1. The highest BCUT2D eigenvalue weighted by Crippen LogP contribution is 2.21. The molecule has 1 aromatic heterocycles. The van der Waals surface area contributed by atoms with E-state index >= 15 is 0 Å². The van der Waals surface area contributed by atoms with Gasteiger partial charge in [0, 0.05) is 25.8 Å². The third-order valence-corrected chi connectivity index (χ3v) is 2.99. The predicted molar refractivity (Wildman–Crippen MR) is 60.0 cm³/mol. The van der Waals surface area contributed by atoms with Gasteiger partial charge in [-0.1, -0.05) is 6.07 Å². The van der Waals surface area contributed by atoms with Crippen molar-refractivity contribution in [2.24, 2.45) is 5.92 Å². The fourth-order valence-electron chi connectivity index (χ4n) is 2.08. The summed E-state index contributed by atoms with van der Waals surface area (Å²) in [4.78, 5) is 17.1. The van der Waals surface area contributed by atoms with Crippen LogP contribution < -0.4 is 0 Å². The van der Waals surface area contributed by atoms with Crippen molar-refractivity contribution < 1.29 is 9.90 Å². The van der Waals surface area contributed by atoms with Crippen molar-refractivity contribution in [2.75, 3.05) is 13.1 Å². The van der Waals surface area contributed by atoms with Gasteiger partial charge in [-0.15, -0.1) is 0 Å². The Labute approximate surface area is 94.9 Å². The molecule has 86 valence electrons. The number of hydrogen-bond acceptors (Lipinski definition) is 3. The molecule has 0 atom stereocenters. The normalized spacial score (nSPS) is 17.1. The molecular weight excluding hydrogens is 204 g/mol. The minimum Gasteiger partial charge on any atom is -0.481 e. The highest BCUT2D eigenvalue weighted by Gasteiger charge is 2.28. The predicted octanol–water partition coefficient (Wildman–Crippen LogP) is 1.30. The zero-order valence-electron chi connectivity index (χ0n) is 9.39. The van der Waals surface area contributed by atoms with E-state index < -0.39 is 5.97 Å². The molecule has 16 heavy (non-hydrogen) atoms. The summed E-state index contributed by atoms with van der Waals surface area (Å²) in [5, 5.41) is 8.64. The summed E-state index contributed by atoms with van der Waals surface area (Å²) in [5.41, 5.74) is 2.29. The number of likely N-dealkylation sites (tertiary alicyclic amines) is 1. The number of rotatable bonds is 4. The molecular formula is C12H16N2O2. The number of aliphatic carboxylic acids is 1. The molecule has 0 radical (unpaired) electrons. The van der Waals surface area contributed by atoms with Crippen LogP contribution in [0.5, 0.6) is 0 Å². The third kappa shape index (κ3) is 2.58. The molecule has 1 aromatic rings. The van der Waals surface area contributed by atoms with Crippen LogP contribution in [0, 0.1) is 12.8 Å². The molecule has 2 heterocycles. The molecule has 0 spiro atoms.